The molecule has 0 aromatic carbocycles. The van der Waals surface area contributed by atoms with Crippen LogP contribution in [0.1, 0.15) is 79.1 Å². The molecule has 8 nitrogen and oxygen atoms in total. The zero-order valence-electron chi connectivity index (χ0n) is 20.1. The Morgan fingerprint density at radius 3 is 2.67 bits per heavy atom. The number of aryl methyl sites for hydroxylation is 2. The SMILES string of the molecule is BC(P)c1cn2c(n1)CCC=C2NC1CCC(NC(=O)c2cn(CC(C)(C)O)nc2C)CC1. The third-order valence-electron chi connectivity index (χ3n) is 6.38. The third-order valence-corrected chi connectivity index (χ3v) is 6.73. The molecule has 3 N–H and O–H groups in total. The van der Waals surface area contributed by atoms with Crippen LogP contribution in [-0.4, -0.2) is 55.9 Å². The van der Waals surface area contributed by atoms with Crippen molar-refractivity contribution in [3.05, 3.63) is 41.2 Å². The second-order valence-corrected chi connectivity index (χ2v) is 11.2. The highest BCUT2D eigenvalue weighted by Gasteiger charge is 2.26. The van der Waals surface area contributed by atoms with Crippen molar-refractivity contribution in [2.24, 2.45) is 0 Å². The summed E-state index contributed by atoms with van der Waals surface area (Å²) in [5.74, 6) is 2.19. The van der Waals surface area contributed by atoms with Crippen molar-refractivity contribution >= 4 is 28.8 Å². The minimum Gasteiger partial charge on any atom is -0.389 e. The summed E-state index contributed by atoms with van der Waals surface area (Å²) in [5.41, 5.74) is 1.84. The van der Waals surface area contributed by atoms with Gasteiger partial charge in [0.2, 0.25) is 0 Å². The van der Waals surface area contributed by atoms with E-state index in [1.54, 1.807) is 24.7 Å². The van der Waals surface area contributed by atoms with Gasteiger partial charge in [0.05, 0.1) is 29.1 Å². The summed E-state index contributed by atoms with van der Waals surface area (Å²) in [6, 6.07) is 0.562. The Labute approximate surface area is 199 Å². The summed E-state index contributed by atoms with van der Waals surface area (Å²) >= 11 is 0. The van der Waals surface area contributed by atoms with E-state index in [2.05, 4.69) is 49.7 Å². The van der Waals surface area contributed by atoms with E-state index in [0.29, 0.717) is 29.4 Å². The predicted octanol–water partition coefficient (Wildman–Crippen LogP) is 1.74. The molecule has 1 fully saturated rings. The van der Waals surface area contributed by atoms with Gasteiger partial charge in [-0.1, -0.05) is 0 Å². The quantitative estimate of drug-likeness (QED) is 0.423. The smallest absolute Gasteiger partial charge is 0.254 e. The van der Waals surface area contributed by atoms with Crippen LogP contribution in [0.25, 0.3) is 5.82 Å². The van der Waals surface area contributed by atoms with Gasteiger partial charge in [0.25, 0.3) is 5.91 Å². The first kappa shape index (κ1) is 24.0. The molecule has 2 aromatic rings. The molecule has 1 amide bonds. The van der Waals surface area contributed by atoms with E-state index in [-0.39, 0.29) is 11.9 Å². The van der Waals surface area contributed by atoms with E-state index in [1.165, 1.54) is 0 Å². The number of hydrogen-bond acceptors (Lipinski definition) is 5. The van der Waals surface area contributed by atoms with E-state index in [0.717, 1.165) is 55.9 Å². The molecular weight excluding hydrogens is 434 g/mol. The summed E-state index contributed by atoms with van der Waals surface area (Å²) in [6.45, 7) is 5.65. The molecule has 2 aromatic heterocycles. The van der Waals surface area contributed by atoms with Crippen LogP contribution in [0.2, 0.25) is 0 Å². The number of carbonyl (C=O) groups is 1. The predicted molar refractivity (Wildman–Crippen MR) is 136 cm³/mol. The molecule has 2 aliphatic rings. The Kier molecular flexibility index (Phi) is 7.01. The second kappa shape index (κ2) is 9.63. The van der Waals surface area contributed by atoms with Crippen LogP contribution in [0.5, 0.6) is 0 Å². The molecule has 2 atom stereocenters. The van der Waals surface area contributed by atoms with Crippen LogP contribution in [0.15, 0.2) is 18.5 Å². The number of rotatable bonds is 7. The molecule has 33 heavy (non-hydrogen) atoms. The summed E-state index contributed by atoms with van der Waals surface area (Å²) in [4.78, 5) is 17.6. The van der Waals surface area contributed by atoms with Crippen LogP contribution in [0.3, 0.4) is 0 Å². The number of allylic oxidation sites excluding steroid dienone is 1. The normalized spacial score (nSPS) is 21.8. The first-order chi connectivity index (χ1) is 15.6. The molecule has 2 unspecified atom stereocenters. The lowest BCUT2D eigenvalue weighted by Gasteiger charge is -2.32. The van der Waals surface area contributed by atoms with Gasteiger partial charge in [-0.3, -0.25) is 14.0 Å². The number of carbonyl (C=O) groups excluding carboxylic acids is 1. The van der Waals surface area contributed by atoms with Gasteiger partial charge in [-0.05, 0) is 64.5 Å². The van der Waals surface area contributed by atoms with E-state index >= 15 is 0 Å². The summed E-state index contributed by atoms with van der Waals surface area (Å²) in [5, 5.41) is 21.3. The number of imidazole rings is 1. The molecule has 0 saturated heterocycles. The highest BCUT2D eigenvalue weighted by Crippen LogP contribution is 2.26. The fourth-order valence-corrected chi connectivity index (χ4v) is 4.84. The van der Waals surface area contributed by atoms with E-state index in [4.69, 9.17) is 4.98 Å². The van der Waals surface area contributed by atoms with E-state index in [1.807, 2.05) is 6.92 Å². The summed E-state index contributed by atoms with van der Waals surface area (Å²) in [7, 11) is 4.97. The van der Waals surface area contributed by atoms with Gasteiger partial charge in [0.15, 0.2) is 0 Å². The van der Waals surface area contributed by atoms with Crippen LogP contribution in [-0.2, 0) is 13.0 Å². The number of hydrogen-bond donors (Lipinski definition) is 3. The Bertz CT molecular complexity index is 1030. The molecule has 1 saturated carbocycles. The lowest BCUT2D eigenvalue weighted by atomic mass is 9.91. The number of amides is 1. The lowest BCUT2D eigenvalue weighted by molar-refractivity contribution is 0.0575. The first-order valence-electron chi connectivity index (χ1n) is 12.0. The number of aliphatic hydroxyl groups is 1. The van der Waals surface area contributed by atoms with Crippen LogP contribution in [0, 0.1) is 6.92 Å². The van der Waals surface area contributed by atoms with Crippen molar-refractivity contribution in [2.45, 2.75) is 89.1 Å². The number of fused-ring (bicyclic) bond motifs is 1. The Balaban J connectivity index is 1.30. The largest absolute Gasteiger partial charge is 0.389 e. The molecular formula is C23H36BN6O2P. The summed E-state index contributed by atoms with van der Waals surface area (Å²) < 4.78 is 3.86. The molecule has 178 valence electrons. The van der Waals surface area contributed by atoms with Crippen molar-refractivity contribution in [1.82, 2.24) is 30.0 Å². The minimum absolute atomic E-state index is 0.0805. The van der Waals surface area contributed by atoms with Crippen molar-refractivity contribution < 1.29 is 9.90 Å². The average molecular weight is 470 g/mol. The van der Waals surface area contributed by atoms with E-state index < -0.39 is 5.60 Å². The van der Waals surface area contributed by atoms with Gasteiger partial charge in [-0.15, -0.1) is 9.24 Å². The fourth-order valence-electron chi connectivity index (χ4n) is 4.68. The van der Waals surface area contributed by atoms with E-state index in [9.17, 15) is 9.90 Å². The zero-order chi connectivity index (χ0) is 23.8. The van der Waals surface area contributed by atoms with Crippen LogP contribution < -0.4 is 10.6 Å². The van der Waals surface area contributed by atoms with Gasteiger partial charge >= 0.3 is 0 Å². The zero-order valence-corrected chi connectivity index (χ0v) is 21.3. The maximum atomic E-state index is 12.8. The minimum atomic E-state index is -0.877. The Morgan fingerprint density at radius 1 is 1.30 bits per heavy atom. The van der Waals surface area contributed by atoms with Crippen molar-refractivity contribution in [2.75, 3.05) is 0 Å². The van der Waals surface area contributed by atoms with Crippen molar-refractivity contribution in [3.8, 4) is 0 Å². The molecule has 3 heterocycles. The highest BCUT2D eigenvalue weighted by molar-refractivity contribution is 7.20. The maximum absolute atomic E-state index is 12.8. The highest BCUT2D eigenvalue weighted by atomic mass is 31.0. The molecule has 0 bridgehead atoms. The second-order valence-electron chi connectivity index (χ2n) is 10.2. The summed E-state index contributed by atoms with van der Waals surface area (Å²) in [6.07, 6.45) is 12.1. The standard InChI is InChI=1S/C23H36BN6O2P/c1-14-17(11-29(28-14)13-23(2,3)32)22(31)26-16-9-7-15(8-10-16)25-19-5-4-6-20-27-18(21(24)33)12-30(19)20/h5,11-12,15-16,21,25,32H,4,6-10,13,24,33H2,1-3H3,(H,26,31). The molecule has 4 rings (SSSR count). The monoisotopic (exact) mass is 470 g/mol. The molecule has 1 aliphatic carbocycles. The van der Waals surface area contributed by atoms with Crippen LogP contribution >= 0.6 is 9.24 Å². The molecule has 0 radical (unpaired) electrons. The van der Waals surface area contributed by atoms with Gasteiger partial charge in [-0.2, -0.15) is 5.10 Å². The Hall–Kier alpha value is -2.12. The van der Waals surface area contributed by atoms with Crippen molar-refractivity contribution in [1.29, 1.82) is 0 Å². The van der Waals surface area contributed by atoms with Crippen molar-refractivity contribution in [3.63, 3.8) is 0 Å². The molecule has 0 spiro atoms. The topological polar surface area (TPSA) is 97.0 Å². The van der Waals surface area contributed by atoms with Gasteiger partial charge < -0.3 is 15.7 Å². The van der Waals surface area contributed by atoms with Gasteiger partial charge in [0, 0.05) is 30.9 Å². The number of nitrogens with one attached hydrogen (secondary N) is 2. The first-order valence-corrected chi connectivity index (χ1v) is 12.6. The Morgan fingerprint density at radius 2 is 2.00 bits per heavy atom. The molecule has 10 heteroatoms. The third kappa shape index (κ3) is 5.88. The fraction of sp³-hybridized carbons (Fsp3) is 0.609. The lowest BCUT2D eigenvalue weighted by Crippen LogP contribution is -2.42. The number of nitrogens with zero attached hydrogens (tertiary/aromatic N) is 4. The van der Waals surface area contributed by atoms with Gasteiger partial charge in [0.1, 0.15) is 19.5 Å². The number of aromatic nitrogens is 4. The maximum Gasteiger partial charge on any atom is 0.254 e. The molecule has 1 aliphatic heterocycles. The van der Waals surface area contributed by atoms with Crippen LogP contribution in [0.4, 0.5) is 0 Å². The average Bonchev–Trinajstić information content (AvgIpc) is 3.32. The van der Waals surface area contributed by atoms with Gasteiger partial charge in [-0.25, -0.2) is 4.98 Å².